The number of ether oxygens (including phenoxy) is 1. The molecule has 2 aliphatic rings. The summed E-state index contributed by atoms with van der Waals surface area (Å²) in [5, 5.41) is 15.8. The third-order valence-electron chi connectivity index (χ3n) is 6.70. The van der Waals surface area contributed by atoms with E-state index in [0.29, 0.717) is 19.5 Å². The molecule has 2 heterocycles. The largest absolute Gasteiger partial charge is 0.508 e. The van der Waals surface area contributed by atoms with Crippen LogP contribution in [0.4, 0.5) is 4.79 Å². The smallest absolute Gasteiger partial charge is 0.334 e. The number of phenols is 1. The number of methoxy groups -OCH3 is 1. The maximum Gasteiger partial charge on any atom is 0.334 e. The first kappa shape index (κ1) is 26.3. The zero-order valence-electron chi connectivity index (χ0n) is 21.8. The van der Waals surface area contributed by atoms with Gasteiger partial charge in [0, 0.05) is 26.6 Å². The summed E-state index contributed by atoms with van der Waals surface area (Å²) < 4.78 is 5.19. The van der Waals surface area contributed by atoms with E-state index >= 15 is 0 Å². The fraction of sp³-hybridized carbons (Fsp3) is 0.444. The second-order valence-corrected chi connectivity index (χ2v) is 9.97. The minimum atomic E-state index is -0.750. The number of hydrogen-bond acceptors (Lipinski definition) is 6. The molecular formula is C27H35N5O5. The van der Waals surface area contributed by atoms with E-state index in [0.717, 1.165) is 16.9 Å². The van der Waals surface area contributed by atoms with Gasteiger partial charge in [-0.1, -0.05) is 38.1 Å². The van der Waals surface area contributed by atoms with Crippen LogP contribution in [0.2, 0.25) is 0 Å². The summed E-state index contributed by atoms with van der Waals surface area (Å²) in [6.45, 7) is 5.11. The molecule has 4 amide bonds. The first-order chi connectivity index (χ1) is 17.7. The number of nitrogens with one attached hydrogen (secondary N) is 1. The number of hydrogen-bond donors (Lipinski definition) is 2. The van der Waals surface area contributed by atoms with Crippen LogP contribution in [-0.2, 0) is 22.6 Å². The molecule has 2 atom stereocenters. The summed E-state index contributed by atoms with van der Waals surface area (Å²) in [6.07, 6.45) is -0.346. The van der Waals surface area contributed by atoms with E-state index in [-0.39, 0.29) is 42.6 Å². The minimum Gasteiger partial charge on any atom is -0.508 e. The van der Waals surface area contributed by atoms with E-state index in [1.165, 1.54) is 0 Å². The second kappa shape index (κ2) is 11.1. The van der Waals surface area contributed by atoms with Gasteiger partial charge in [-0.25, -0.2) is 14.8 Å². The van der Waals surface area contributed by atoms with Crippen molar-refractivity contribution < 1.29 is 24.2 Å². The summed E-state index contributed by atoms with van der Waals surface area (Å²) in [5.74, 6) is 0.756. The van der Waals surface area contributed by atoms with Gasteiger partial charge in [-0.05, 0) is 41.3 Å². The van der Waals surface area contributed by atoms with Crippen LogP contribution in [0.15, 0.2) is 48.5 Å². The van der Waals surface area contributed by atoms with E-state index in [1.54, 1.807) is 58.2 Å². The SMILES string of the molecule is COc1ccc(CNC(=O)N2[C@H]3CN(CC(C)C)C(=O)C(Cc4ccc(O)cc4)N3C(=O)CN2C)cc1. The van der Waals surface area contributed by atoms with Crippen LogP contribution in [0.1, 0.15) is 25.0 Å². The molecule has 2 aromatic carbocycles. The van der Waals surface area contributed by atoms with Crippen molar-refractivity contribution in [3.05, 3.63) is 59.7 Å². The van der Waals surface area contributed by atoms with Gasteiger partial charge < -0.3 is 25.0 Å². The molecule has 2 N–H and O–H groups in total. The average molecular weight is 510 g/mol. The van der Waals surface area contributed by atoms with Crippen LogP contribution in [0.5, 0.6) is 11.5 Å². The molecule has 1 unspecified atom stereocenters. The van der Waals surface area contributed by atoms with Crippen molar-refractivity contribution in [3.8, 4) is 11.5 Å². The number of rotatable bonds is 7. The summed E-state index contributed by atoms with van der Waals surface area (Å²) >= 11 is 0. The number of carbonyl (C=O) groups is 3. The molecule has 2 saturated heterocycles. The first-order valence-corrected chi connectivity index (χ1v) is 12.5. The number of piperazine rings is 1. The third kappa shape index (κ3) is 5.80. The summed E-state index contributed by atoms with van der Waals surface area (Å²) in [7, 11) is 3.31. The van der Waals surface area contributed by atoms with Crippen molar-refractivity contribution in [1.29, 1.82) is 0 Å². The van der Waals surface area contributed by atoms with Crippen molar-refractivity contribution in [2.75, 3.05) is 33.8 Å². The maximum atomic E-state index is 13.6. The summed E-state index contributed by atoms with van der Waals surface area (Å²) in [5.41, 5.74) is 1.73. The van der Waals surface area contributed by atoms with Crippen LogP contribution >= 0.6 is 0 Å². The van der Waals surface area contributed by atoms with Crippen molar-refractivity contribution >= 4 is 17.8 Å². The number of nitrogens with zero attached hydrogens (tertiary/aromatic N) is 4. The van der Waals surface area contributed by atoms with Gasteiger partial charge in [0.1, 0.15) is 23.7 Å². The quantitative estimate of drug-likeness (QED) is 0.592. The molecule has 37 heavy (non-hydrogen) atoms. The molecular weight excluding hydrogens is 474 g/mol. The number of amides is 4. The number of likely N-dealkylation sites (N-methyl/N-ethyl adjacent to an activating group) is 1. The molecule has 0 saturated carbocycles. The predicted octanol–water partition coefficient (Wildman–Crippen LogP) is 2.04. The summed E-state index contributed by atoms with van der Waals surface area (Å²) in [6, 6.07) is 13.0. The molecule has 0 spiro atoms. The number of phenolic OH excluding ortho intramolecular Hbond substituents is 1. The van der Waals surface area contributed by atoms with Crippen LogP contribution in [0.25, 0.3) is 0 Å². The second-order valence-electron chi connectivity index (χ2n) is 9.97. The van der Waals surface area contributed by atoms with Gasteiger partial charge in [0.05, 0.1) is 20.2 Å². The van der Waals surface area contributed by atoms with Gasteiger partial charge in [-0.2, -0.15) is 0 Å². The number of fused-ring (bicyclic) bond motifs is 1. The van der Waals surface area contributed by atoms with Gasteiger partial charge in [0.15, 0.2) is 0 Å². The van der Waals surface area contributed by atoms with Gasteiger partial charge in [-0.3, -0.25) is 9.59 Å². The van der Waals surface area contributed by atoms with Crippen molar-refractivity contribution in [3.63, 3.8) is 0 Å². The molecule has 198 valence electrons. The Morgan fingerprint density at radius 1 is 1.08 bits per heavy atom. The van der Waals surface area contributed by atoms with E-state index < -0.39 is 12.2 Å². The predicted molar refractivity (Wildman–Crippen MR) is 137 cm³/mol. The molecule has 2 aromatic rings. The van der Waals surface area contributed by atoms with Gasteiger partial charge in [0.25, 0.3) is 0 Å². The Kier molecular flexibility index (Phi) is 7.87. The Hall–Kier alpha value is -3.79. The Morgan fingerprint density at radius 3 is 2.35 bits per heavy atom. The van der Waals surface area contributed by atoms with Gasteiger partial charge in [-0.15, -0.1) is 0 Å². The van der Waals surface area contributed by atoms with Gasteiger partial charge >= 0.3 is 6.03 Å². The van der Waals surface area contributed by atoms with Crippen LogP contribution < -0.4 is 10.1 Å². The number of hydrazine groups is 1. The molecule has 10 heteroatoms. The lowest BCUT2D eigenvalue weighted by Gasteiger charge is -2.54. The van der Waals surface area contributed by atoms with Crippen molar-refractivity contribution in [2.45, 2.75) is 39.0 Å². The fourth-order valence-electron chi connectivity index (χ4n) is 4.97. The number of aromatic hydroxyl groups is 1. The molecule has 4 rings (SSSR count). The lowest BCUT2D eigenvalue weighted by molar-refractivity contribution is -0.187. The highest BCUT2D eigenvalue weighted by Crippen LogP contribution is 2.28. The highest BCUT2D eigenvalue weighted by Gasteiger charge is 2.50. The van der Waals surface area contributed by atoms with E-state index in [9.17, 15) is 19.5 Å². The molecule has 2 fully saturated rings. The van der Waals surface area contributed by atoms with E-state index in [1.807, 2.05) is 38.1 Å². The van der Waals surface area contributed by atoms with E-state index in [4.69, 9.17) is 4.74 Å². The molecule has 0 aromatic heterocycles. The summed E-state index contributed by atoms with van der Waals surface area (Å²) in [4.78, 5) is 43.7. The minimum absolute atomic E-state index is 0.0179. The van der Waals surface area contributed by atoms with Crippen LogP contribution in [0.3, 0.4) is 0 Å². The molecule has 2 aliphatic heterocycles. The Bertz CT molecular complexity index is 1120. The molecule has 0 bridgehead atoms. The van der Waals surface area contributed by atoms with E-state index in [2.05, 4.69) is 5.32 Å². The van der Waals surface area contributed by atoms with Crippen molar-refractivity contribution in [2.24, 2.45) is 5.92 Å². The highest BCUT2D eigenvalue weighted by atomic mass is 16.5. The van der Waals surface area contributed by atoms with Crippen LogP contribution in [-0.4, -0.2) is 88.8 Å². The number of urea groups is 1. The molecule has 0 aliphatic carbocycles. The van der Waals surface area contributed by atoms with Crippen LogP contribution in [0, 0.1) is 5.92 Å². The first-order valence-electron chi connectivity index (χ1n) is 12.5. The number of benzene rings is 2. The zero-order valence-corrected chi connectivity index (χ0v) is 21.8. The monoisotopic (exact) mass is 509 g/mol. The highest BCUT2D eigenvalue weighted by molar-refractivity contribution is 5.91. The topological polar surface area (TPSA) is 106 Å². The zero-order chi connectivity index (χ0) is 26.7. The average Bonchev–Trinajstić information content (AvgIpc) is 2.86. The standard InChI is InChI=1S/C27H35N5O5/c1-18(2)15-30-16-24-31(23(26(30)35)13-19-5-9-21(33)10-6-19)25(34)17-29(3)32(24)27(36)28-14-20-7-11-22(37-4)12-8-20/h5-12,18,23-24,33H,13-17H2,1-4H3,(H,28,36)/t23?,24-/m0/s1. The number of carbonyl (C=O) groups excluding carboxylic acids is 3. The third-order valence-corrected chi connectivity index (χ3v) is 6.70. The lowest BCUT2D eigenvalue weighted by atomic mass is 9.98. The Balaban J connectivity index is 1.59. The molecule has 0 radical (unpaired) electrons. The lowest BCUT2D eigenvalue weighted by Crippen LogP contribution is -2.76. The van der Waals surface area contributed by atoms with Gasteiger partial charge in [0.2, 0.25) is 11.8 Å². The van der Waals surface area contributed by atoms with Crippen molar-refractivity contribution in [1.82, 2.24) is 25.1 Å². The fourth-order valence-corrected chi connectivity index (χ4v) is 4.97. The molecule has 10 nitrogen and oxygen atoms in total. The Labute approximate surface area is 217 Å². The normalized spacial score (nSPS) is 20.3. The Morgan fingerprint density at radius 2 is 1.73 bits per heavy atom. The maximum absolute atomic E-state index is 13.6.